The molecule has 92 valence electrons. The van der Waals surface area contributed by atoms with Gasteiger partial charge in [0.2, 0.25) is 0 Å². The minimum Gasteiger partial charge on any atom is -0.372 e. The summed E-state index contributed by atoms with van der Waals surface area (Å²) >= 11 is 0. The van der Waals surface area contributed by atoms with Gasteiger partial charge in [-0.2, -0.15) is 0 Å². The molecule has 0 aromatic carbocycles. The first-order valence-electron chi connectivity index (χ1n) is 6.29. The summed E-state index contributed by atoms with van der Waals surface area (Å²) < 4.78 is 5.57. The number of ether oxygens (including phenoxy) is 1. The van der Waals surface area contributed by atoms with Crippen LogP contribution in [0.1, 0.15) is 57.2 Å². The maximum atomic E-state index is 5.57. The topological polar surface area (TPSA) is 37.9 Å². The highest BCUT2D eigenvalue weighted by atomic mass is 16.5. The lowest BCUT2D eigenvalue weighted by molar-refractivity contribution is 0.0634. The fraction of sp³-hybridized carbons (Fsp3) is 0.769. The van der Waals surface area contributed by atoms with Crippen LogP contribution in [0.3, 0.4) is 0 Å². The maximum Gasteiger partial charge on any atom is 0.106 e. The molecule has 0 aliphatic rings. The smallest absolute Gasteiger partial charge is 0.106 e. The molecule has 0 saturated carbocycles. The van der Waals surface area contributed by atoms with Crippen LogP contribution in [0.5, 0.6) is 0 Å². The molecule has 1 aromatic heterocycles. The molecule has 1 heterocycles. The van der Waals surface area contributed by atoms with Crippen molar-refractivity contribution in [1.29, 1.82) is 0 Å². The van der Waals surface area contributed by atoms with Crippen LogP contribution in [-0.4, -0.2) is 16.1 Å². The predicted molar refractivity (Wildman–Crippen MR) is 66.5 cm³/mol. The molecular weight excluding hydrogens is 200 g/mol. The van der Waals surface area contributed by atoms with Gasteiger partial charge in [0, 0.05) is 12.1 Å². The third-order valence-corrected chi connectivity index (χ3v) is 2.61. The number of rotatable bonds is 7. The van der Waals surface area contributed by atoms with Crippen molar-refractivity contribution in [3.05, 3.63) is 17.2 Å². The molecule has 3 nitrogen and oxygen atoms in total. The highest BCUT2D eigenvalue weighted by Crippen LogP contribution is 2.10. The molecule has 1 N–H and O–H groups in total. The standard InChI is InChI=1S/C13H24N2O/c1-5-6-7-8-13-14-11(4)12(15-13)9-16-10(2)3/h10H,5-9H2,1-4H3,(H,14,15). The first-order valence-corrected chi connectivity index (χ1v) is 6.29. The van der Waals surface area contributed by atoms with E-state index in [4.69, 9.17) is 4.74 Å². The number of hydrogen-bond donors (Lipinski definition) is 1. The third-order valence-electron chi connectivity index (χ3n) is 2.61. The molecule has 3 heteroatoms. The van der Waals surface area contributed by atoms with E-state index in [1.54, 1.807) is 0 Å². The van der Waals surface area contributed by atoms with E-state index < -0.39 is 0 Å². The molecule has 0 aliphatic heterocycles. The number of nitrogens with one attached hydrogen (secondary N) is 1. The summed E-state index contributed by atoms with van der Waals surface area (Å²) in [5, 5.41) is 0. The molecule has 0 unspecified atom stereocenters. The Hall–Kier alpha value is -0.830. The van der Waals surface area contributed by atoms with E-state index >= 15 is 0 Å². The van der Waals surface area contributed by atoms with Gasteiger partial charge >= 0.3 is 0 Å². The van der Waals surface area contributed by atoms with Gasteiger partial charge < -0.3 is 9.72 Å². The van der Waals surface area contributed by atoms with Gasteiger partial charge in [0.05, 0.1) is 18.4 Å². The van der Waals surface area contributed by atoms with Crippen molar-refractivity contribution in [2.75, 3.05) is 0 Å². The predicted octanol–water partition coefficient (Wildman–Crippen LogP) is 3.38. The number of nitrogens with zero attached hydrogens (tertiary/aromatic N) is 1. The van der Waals surface area contributed by atoms with Crippen LogP contribution in [0.15, 0.2) is 0 Å². The molecule has 0 saturated heterocycles. The van der Waals surface area contributed by atoms with E-state index in [0.717, 1.165) is 23.6 Å². The molecular formula is C13H24N2O. The summed E-state index contributed by atoms with van der Waals surface area (Å²) in [6.07, 6.45) is 5.06. The first kappa shape index (κ1) is 13.2. The molecule has 16 heavy (non-hydrogen) atoms. The molecule has 1 aromatic rings. The normalized spacial score (nSPS) is 11.3. The highest BCUT2D eigenvalue weighted by Gasteiger charge is 2.07. The molecule has 0 spiro atoms. The highest BCUT2D eigenvalue weighted by molar-refractivity contribution is 5.12. The SMILES string of the molecule is CCCCCc1nc(COC(C)C)c(C)[nH]1. The molecule has 0 atom stereocenters. The van der Waals surface area contributed by atoms with Crippen molar-refractivity contribution >= 4 is 0 Å². The Morgan fingerprint density at radius 1 is 1.31 bits per heavy atom. The third kappa shape index (κ3) is 4.35. The second kappa shape index (κ2) is 6.69. The van der Waals surface area contributed by atoms with E-state index in [0.29, 0.717) is 6.61 Å². The van der Waals surface area contributed by atoms with Crippen LogP contribution < -0.4 is 0 Å². The lowest BCUT2D eigenvalue weighted by atomic mass is 10.2. The summed E-state index contributed by atoms with van der Waals surface area (Å²) in [4.78, 5) is 7.91. The zero-order valence-corrected chi connectivity index (χ0v) is 11.0. The van der Waals surface area contributed by atoms with Gasteiger partial charge in [-0.05, 0) is 27.2 Å². The van der Waals surface area contributed by atoms with Gasteiger partial charge in [0.1, 0.15) is 5.82 Å². The molecule has 0 aliphatic carbocycles. The average Bonchev–Trinajstić information content (AvgIpc) is 2.57. The number of imidazole rings is 1. The number of unbranched alkanes of at least 4 members (excludes halogenated alkanes) is 2. The number of aromatic amines is 1. The minimum atomic E-state index is 0.264. The molecule has 1 rings (SSSR count). The average molecular weight is 224 g/mol. The van der Waals surface area contributed by atoms with E-state index in [9.17, 15) is 0 Å². The fourth-order valence-electron chi connectivity index (χ4n) is 1.61. The van der Waals surface area contributed by atoms with Crippen molar-refractivity contribution in [2.45, 2.75) is 66.1 Å². The quantitative estimate of drug-likeness (QED) is 0.721. The van der Waals surface area contributed by atoms with Crippen LogP contribution in [0.4, 0.5) is 0 Å². The van der Waals surface area contributed by atoms with Gasteiger partial charge in [0.15, 0.2) is 0 Å². The van der Waals surface area contributed by atoms with E-state index in [1.165, 1.54) is 19.3 Å². The first-order chi connectivity index (χ1) is 7.63. The van der Waals surface area contributed by atoms with Crippen molar-refractivity contribution in [2.24, 2.45) is 0 Å². The van der Waals surface area contributed by atoms with Crippen molar-refractivity contribution < 1.29 is 4.74 Å². The lowest BCUT2D eigenvalue weighted by Gasteiger charge is -2.05. The number of H-pyrrole nitrogens is 1. The Balaban J connectivity index is 2.46. The summed E-state index contributed by atoms with van der Waals surface area (Å²) in [6.45, 7) is 8.99. The Labute approximate surface area is 98.6 Å². The monoisotopic (exact) mass is 224 g/mol. The largest absolute Gasteiger partial charge is 0.372 e. The second-order valence-electron chi connectivity index (χ2n) is 4.57. The Morgan fingerprint density at radius 3 is 2.69 bits per heavy atom. The fourth-order valence-corrected chi connectivity index (χ4v) is 1.61. The van der Waals surface area contributed by atoms with Crippen LogP contribution in [0.2, 0.25) is 0 Å². The lowest BCUT2D eigenvalue weighted by Crippen LogP contribution is -2.03. The van der Waals surface area contributed by atoms with Crippen LogP contribution in [0.25, 0.3) is 0 Å². The zero-order valence-electron chi connectivity index (χ0n) is 11.0. The van der Waals surface area contributed by atoms with Crippen LogP contribution in [0, 0.1) is 6.92 Å². The van der Waals surface area contributed by atoms with Crippen LogP contribution >= 0.6 is 0 Å². The van der Waals surface area contributed by atoms with Crippen LogP contribution in [-0.2, 0) is 17.8 Å². The summed E-state index contributed by atoms with van der Waals surface area (Å²) in [6, 6.07) is 0. The zero-order chi connectivity index (χ0) is 12.0. The van der Waals surface area contributed by atoms with Gasteiger partial charge in [-0.1, -0.05) is 19.8 Å². The van der Waals surface area contributed by atoms with Crippen molar-refractivity contribution in [3.8, 4) is 0 Å². The van der Waals surface area contributed by atoms with E-state index in [1.807, 2.05) is 13.8 Å². The number of aromatic nitrogens is 2. The summed E-state index contributed by atoms with van der Waals surface area (Å²) in [5.74, 6) is 1.10. The Kier molecular flexibility index (Phi) is 5.53. The van der Waals surface area contributed by atoms with Gasteiger partial charge in [-0.15, -0.1) is 0 Å². The van der Waals surface area contributed by atoms with Gasteiger partial charge in [-0.25, -0.2) is 4.98 Å². The number of hydrogen-bond acceptors (Lipinski definition) is 2. The maximum absolute atomic E-state index is 5.57. The number of aryl methyl sites for hydroxylation is 2. The summed E-state index contributed by atoms with van der Waals surface area (Å²) in [5.41, 5.74) is 2.20. The second-order valence-corrected chi connectivity index (χ2v) is 4.57. The Bertz CT molecular complexity index is 305. The summed E-state index contributed by atoms with van der Waals surface area (Å²) in [7, 11) is 0. The van der Waals surface area contributed by atoms with E-state index in [-0.39, 0.29) is 6.10 Å². The van der Waals surface area contributed by atoms with Crippen molar-refractivity contribution in [1.82, 2.24) is 9.97 Å². The van der Waals surface area contributed by atoms with Gasteiger partial charge in [0.25, 0.3) is 0 Å². The van der Waals surface area contributed by atoms with E-state index in [2.05, 4.69) is 23.8 Å². The minimum absolute atomic E-state index is 0.264. The molecule has 0 fully saturated rings. The van der Waals surface area contributed by atoms with Crippen molar-refractivity contribution in [3.63, 3.8) is 0 Å². The molecule has 0 amide bonds. The Morgan fingerprint density at radius 2 is 2.06 bits per heavy atom. The van der Waals surface area contributed by atoms with Gasteiger partial charge in [-0.3, -0.25) is 0 Å². The molecule has 0 bridgehead atoms. The molecule has 0 radical (unpaired) electrons.